The quantitative estimate of drug-likeness (QED) is 0.825. The largest absolute Gasteiger partial charge is 0.386 e. The van der Waals surface area contributed by atoms with Crippen LogP contribution in [0, 0.1) is 0 Å². The van der Waals surface area contributed by atoms with Gasteiger partial charge in [-0.05, 0) is 13.0 Å². The highest BCUT2D eigenvalue weighted by Crippen LogP contribution is 2.12. The second kappa shape index (κ2) is 5.94. The molecule has 0 spiro atoms. The summed E-state index contributed by atoms with van der Waals surface area (Å²) in [5.74, 6) is 0.563. The molecule has 19 heavy (non-hydrogen) atoms. The predicted molar refractivity (Wildman–Crippen MR) is 70.6 cm³/mol. The van der Waals surface area contributed by atoms with Crippen molar-refractivity contribution in [1.29, 1.82) is 0 Å². The fourth-order valence-corrected chi connectivity index (χ4v) is 1.73. The van der Waals surface area contributed by atoms with E-state index >= 15 is 0 Å². The SMILES string of the molecule is CCn1cnnc1CNC(=O)c1ccncc1NC. The molecule has 2 N–H and O–H groups in total. The van der Waals surface area contributed by atoms with E-state index in [-0.39, 0.29) is 5.91 Å². The van der Waals surface area contributed by atoms with E-state index in [1.165, 1.54) is 0 Å². The monoisotopic (exact) mass is 260 g/mol. The molecule has 7 nitrogen and oxygen atoms in total. The zero-order valence-electron chi connectivity index (χ0n) is 10.9. The van der Waals surface area contributed by atoms with Crippen LogP contribution in [0.5, 0.6) is 0 Å². The number of hydrogen-bond donors (Lipinski definition) is 2. The Kier molecular flexibility index (Phi) is 4.07. The number of aromatic nitrogens is 4. The minimum absolute atomic E-state index is 0.169. The summed E-state index contributed by atoms with van der Waals surface area (Å²) in [7, 11) is 1.75. The van der Waals surface area contributed by atoms with Crippen LogP contribution < -0.4 is 10.6 Å². The average molecular weight is 260 g/mol. The molecule has 2 rings (SSSR count). The molecule has 2 aromatic rings. The van der Waals surface area contributed by atoms with Gasteiger partial charge in [0, 0.05) is 19.8 Å². The number of anilines is 1. The molecule has 0 unspecified atom stereocenters. The predicted octanol–water partition coefficient (Wildman–Crippen LogP) is 0.665. The molecule has 0 saturated heterocycles. The Morgan fingerprint density at radius 3 is 3.05 bits per heavy atom. The summed E-state index contributed by atoms with van der Waals surface area (Å²) in [6.45, 7) is 3.12. The maximum atomic E-state index is 12.1. The summed E-state index contributed by atoms with van der Waals surface area (Å²) in [6.07, 6.45) is 4.85. The molecule has 0 aliphatic carbocycles. The number of nitrogens with one attached hydrogen (secondary N) is 2. The highest BCUT2D eigenvalue weighted by Gasteiger charge is 2.11. The van der Waals surface area contributed by atoms with E-state index in [4.69, 9.17) is 0 Å². The third-order valence-electron chi connectivity index (χ3n) is 2.78. The summed E-state index contributed by atoms with van der Waals surface area (Å²) < 4.78 is 1.88. The molecule has 0 aliphatic heterocycles. The topological polar surface area (TPSA) is 84.7 Å². The molecular weight excluding hydrogens is 244 g/mol. The number of carbonyl (C=O) groups is 1. The van der Waals surface area contributed by atoms with Crippen molar-refractivity contribution in [2.75, 3.05) is 12.4 Å². The van der Waals surface area contributed by atoms with Gasteiger partial charge in [0.15, 0.2) is 5.82 Å². The fourth-order valence-electron chi connectivity index (χ4n) is 1.73. The molecule has 0 atom stereocenters. The van der Waals surface area contributed by atoms with Gasteiger partial charge in [0.05, 0.1) is 24.0 Å². The van der Waals surface area contributed by atoms with E-state index in [0.29, 0.717) is 17.8 Å². The Labute approximate surface area is 111 Å². The second-order valence-electron chi connectivity index (χ2n) is 3.89. The van der Waals surface area contributed by atoms with E-state index in [1.807, 2.05) is 11.5 Å². The molecule has 1 amide bonds. The van der Waals surface area contributed by atoms with Gasteiger partial charge in [-0.25, -0.2) is 0 Å². The maximum absolute atomic E-state index is 12.1. The van der Waals surface area contributed by atoms with Crippen molar-refractivity contribution in [1.82, 2.24) is 25.1 Å². The zero-order valence-corrected chi connectivity index (χ0v) is 10.9. The Hall–Kier alpha value is -2.44. The first kappa shape index (κ1) is 13.0. The molecule has 100 valence electrons. The van der Waals surface area contributed by atoms with Crippen molar-refractivity contribution in [2.24, 2.45) is 0 Å². The number of rotatable bonds is 5. The van der Waals surface area contributed by atoms with Crippen LogP contribution in [-0.2, 0) is 13.1 Å². The van der Waals surface area contributed by atoms with E-state index in [0.717, 1.165) is 12.4 Å². The smallest absolute Gasteiger partial charge is 0.253 e. The molecule has 0 saturated carbocycles. The molecule has 0 aromatic carbocycles. The van der Waals surface area contributed by atoms with Crippen LogP contribution in [0.4, 0.5) is 5.69 Å². The van der Waals surface area contributed by atoms with Crippen LogP contribution in [-0.4, -0.2) is 32.7 Å². The van der Waals surface area contributed by atoms with Crippen molar-refractivity contribution in [3.63, 3.8) is 0 Å². The van der Waals surface area contributed by atoms with Crippen molar-refractivity contribution >= 4 is 11.6 Å². The zero-order chi connectivity index (χ0) is 13.7. The maximum Gasteiger partial charge on any atom is 0.253 e. The van der Waals surface area contributed by atoms with Gasteiger partial charge in [0.1, 0.15) is 6.33 Å². The lowest BCUT2D eigenvalue weighted by Crippen LogP contribution is -2.25. The highest BCUT2D eigenvalue weighted by atomic mass is 16.1. The lowest BCUT2D eigenvalue weighted by Gasteiger charge is -2.09. The number of aryl methyl sites for hydroxylation is 1. The van der Waals surface area contributed by atoms with Crippen molar-refractivity contribution < 1.29 is 4.79 Å². The number of hydrogen-bond acceptors (Lipinski definition) is 5. The number of nitrogens with zero attached hydrogens (tertiary/aromatic N) is 4. The molecule has 0 fully saturated rings. The first-order valence-corrected chi connectivity index (χ1v) is 6.03. The fraction of sp³-hybridized carbons (Fsp3) is 0.333. The molecule has 0 radical (unpaired) electrons. The Morgan fingerprint density at radius 2 is 2.32 bits per heavy atom. The van der Waals surface area contributed by atoms with Crippen molar-refractivity contribution in [3.05, 3.63) is 36.2 Å². The highest BCUT2D eigenvalue weighted by molar-refractivity contribution is 5.99. The summed E-state index contributed by atoms with van der Waals surface area (Å²) in [4.78, 5) is 16.0. The summed E-state index contributed by atoms with van der Waals surface area (Å²) >= 11 is 0. The summed E-state index contributed by atoms with van der Waals surface area (Å²) in [6, 6.07) is 1.67. The van der Waals surface area contributed by atoms with E-state index < -0.39 is 0 Å². The molecule has 2 heterocycles. The van der Waals surface area contributed by atoms with Gasteiger partial charge in [-0.2, -0.15) is 0 Å². The Balaban J connectivity index is 2.05. The van der Waals surface area contributed by atoms with Gasteiger partial charge in [-0.1, -0.05) is 0 Å². The minimum atomic E-state index is -0.169. The number of pyridine rings is 1. The second-order valence-corrected chi connectivity index (χ2v) is 3.89. The van der Waals surface area contributed by atoms with Gasteiger partial charge < -0.3 is 15.2 Å². The van der Waals surface area contributed by atoms with Crippen LogP contribution in [0.2, 0.25) is 0 Å². The van der Waals surface area contributed by atoms with Gasteiger partial charge in [-0.15, -0.1) is 10.2 Å². The van der Waals surface area contributed by atoms with Crippen LogP contribution in [0.1, 0.15) is 23.1 Å². The molecule has 7 heteroatoms. The summed E-state index contributed by atoms with van der Waals surface area (Å²) in [5.41, 5.74) is 1.25. The van der Waals surface area contributed by atoms with E-state index in [2.05, 4.69) is 25.8 Å². The molecule has 2 aromatic heterocycles. The third-order valence-corrected chi connectivity index (χ3v) is 2.78. The van der Waals surface area contributed by atoms with Gasteiger partial charge >= 0.3 is 0 Å². The lowest BCUT2D eigenvalue weighted by molar-refractivity contribution is 0.0950. The van der Waals surface area contributed by atoms with E-state index in [9.17, 15) is 4.79 Å². The van der Waals surface area contributed by atoms with Crippen LogP contribution in [0.3, 0.4) is 0 Å². The summed E-state index contributed by atoms with van der Waals surface area (Å²) in [5, 5.41) is 13.5. The molecule has 0 aliphatic rings. The first-order valence-electron chi connectivity index (χ1n) is 6.03. The van der Waals surface area contributed by atoms with Gasteiger partial charge in [0.2, 0.25) is 0 Å². The first-order chi connectivity index (χ1) is 9.26. The van der Waals surface area contributed by atoms with Gasteiger partial charge in [-0.3, -0.25) is 9.78 Å². The Morgan fingerprint density at radius 1 is 1.47 bits per heavy atom. The third kappa shape index (κ3) is 2.87. The van der Waals surface area contributed by atoms with Crippen molar-refractivity contribution in [3.8, 4) is 0 Å². The number of amides is 1. The van der Waals surface area contributed by atoms with Crippen molar-refractivity contribution in [2.45, 2.75) is 20.0 Å². The average Bonchev–Trinajstić information content (AvgIpc) is 2.92. The van der Waals surface area contributed by atoms with Crippen LogP contribution in [0.15, 0.2) is 24.8 Å². The van der Waals surface area contributed by atoms with Gasteiger partial charge in [0.25, 0.3) is 5.91 Å². The molecular formula is C12H16N6O. The minimum Gasteiger partial charge on any atom is -0.386 e. The lowest BCUT2D eigenvalue weighted by atomic mass is 10.2. The van der Waals surface area contributed by atoms with Crippen LogP contribution >= 0.6 is 0 Å². The van der Waals surface area contributed by atoms with Crippen LogP contribution in [0.25, 0.3) is 0 Å². The number of carbonyl (C=O) groups excluding carboxylic acids is 1. The molecule has 0 bridgehead atoms. The Bertz CT molecular complexity index is 565. The normalized spacial score (nSPS) is 10.2. The van der Waals surface area contributed by atoms with E-state index in [1.54, 1.807) is 31.8 Å². The standard InChI is InChI=1S/C12H16N6O/c1-3-18-8-16-17-11(18)7-15-12(19)9-4-5-14-6-10(9)13-2/h4-6,8,13H,3,7H2,1-2H3,(H,15,19).